The van der Waals surface area contributed by atoms with Crippen molar-refractivity contribution in [3.8, 4) is 0 Å². The summed E-state index contributed by atoms with van der Waals surface area (Å²) in [6.45, 7) is 9.91. The van der Waals surface area contributed by atoms with Crippen LogP contribution in [0.2, 0.25) is 0 Å². The first-order chi connectivity index (χ1) is 19.1. The summed E-state index contributed by atoms with van der Waals surface area (Å²) in [6, 6.07) is 20.5. The van der Waals surface area contributed by atoms with Crippen LogP contribution in [0.15, 0.2) is 77.7 Å². The number of nitrogens with one attached hydrogen (secondary N) is 1. The summed E-state index contributed by atoms with van der Waals surface area (Å²) in [5.74, 6) is -0.678. The van der Waals surface area contributed by atoms with Gasteiger partial charge in [0.05, 0.1) is 10.6 Å². The number of hydrogen-bond donors (Lipinski definition) is 1. The molecule has 0 radical (unpaired) electrons. The van der Waals surface area contributed by atoms with E-state index >= 15 is 0 Å². The number of anilines is 1. The maximum Gasteiger partial charge on any atom is 0.264 e. The summed E-state index contributed by atoms with van der Waals surface area (Å²) in [7, 11) is -4.09. The Morgan fingerprint density at radius 3 is 2.15 bits per heavy atom. The lowest BCUT2D eigenvalue weighted by atomic mass is 10.1. The molecule has 0 aliphatic rings. The summed E-state index contributed by atoms with van der Waals surface area (Å²) in [5.41, 5.74) is 4.01. The molecule has 1 atom stereocenters. The molecule has 3 aromatic rings. The number of benzene rings is 3. The Kier molecular flexibility index (Phi) is 10.9. The molecular weight excluding hydrogens is 522 g/mol. The van der Waals surface area contributed by atoms with E-state index < -0.39 is 28.5 Å². The Labute approximate surface area is 239 Å². The van der Waals surface area contributed by atoms with Crippen molar-refractivity contribution in [3.63, 3.8) is 0 Å². The van der Waals surface area contributed by atoms with Crippen LogP contribution in [0.3, 0.4) is 0 Å². The molecule has 0 saturated heterocycles. The largest absolute Gasteiger partial charge is 0.354 e. The average Bonchev–Trinajstić information content (AvgIpc) is 2.94. The van der Waals surface area contributed by atoms with Crippen molar-refractivity contribution >= 4 is 27.5 Å². The number of hydrogen-bond acceptors (Lipinski definition) is 4. The Morgan fingerprint density at radius 1 is 0.850 bits per heavy atom. The summed E-state index contributed by atoms with van der Waals surface area (Å²) in [5, 5.41) is 2.96. The fourth-order valence-corrected chi connectivity index (χ4v) is 6.13. The second-order valence-corrected chi connectivity index (χ2v) is 11.9. The standard InChI is InChI=1S/C32H41N3O4S/c1-6-8-21-33-32(37)29(7-2)34(22-27-17-13-12-15-25(27)4)31(36)23-35(30-20-14-16-24(3)26(30)5)40(38,39)28-18-10-9-11-19-28/h9-20,29H,6-8,21-23H2,1-5H3,(H,33,37). The Balaban J connectivity index is 2.08. The van der Waals surface area contributed by atoms with E-state index in [1.165, 1.54) is 21.3 Å². The molecule has 0 spiro atoms. The summed E-state index contributed by atoms with van der Waals surface area (Å²) < 4.78 is 29.2. The highest BCUT2D eigenvalue weighted by molar-refractivity contribution is 7.92. The quantitative estimate of drug-likeness (QED) is 0.277. The number of sulfonamides is 1. The number of nitrogens with zero attached hydrogens (tertiary/aromatic N) is 2. The van der Waals surface area contributed by atoms with E-state index in [9.17, 15) is 18.0 Å². The highest BCUT2D eigenvalue weighted by Gasteiger charge is 2.34. The molecule has 0 heterocycles. The topological polar surface area (TPSA) is 86.8 Å². The minimum Gasteiger partial charge on any atom is -0.354 e. The summed E-state index contributed by atoms with van der Waals surface area (Å²) in [4.78, 5) is 29.1. The van der Waals surface area contributed by atoms with Crippen LogP contribution < -0.4 is 9.62 Å². The monoisotopic (exact) mass is 563 g/mol. The van der Waals surface area contributed by atoms with Gasteiger partial charge < -0.3 is 10.2 Å². The number of rotatable bonds is 13. The van der Waals surface area contributed by atoms with Gasteiger partial charge >= 0.3 is 0 Å². The lowest BCUT2D eigenvalue weighted by Crippen LogP contribution is -2.52. The average molecular weight is 564 g/mol. The van der Waals surface area contributed by atoms with E-state index in [0.717, 1.165) is 35.1 Å². The van der Waals surface area contributed by atoms with Crippen molar-refractivity contribution in [1.29, 1.82) is 0 Å². The van der Waals surface area contributed by atoms with E-state index in [1.807, 2.05) is 65.0 Å². The second kappa shape index (κ2) is 14.1. The van der Waals surface area contributed by atoms with Crippen LogP contribution in [0.25, 0.3) is 0 Å². The van der Waals surface area contributed by atoms with Crippen molar-refractivity contribution < 1.29 is 18.0 Å². The van der Waals surface area contributed by atoms with Gasteiger partial charge in [-0.15, -0.1) is 0 Å². The van der Waals surface area contributed by atoms with Gasteiger partial charge in [0.25, 0.3) is 10.0 Å². The van der Waals surface area contributed by atoms with Crippen molar-refractivity contribution in [3.05, 3.63) is 95.1 Å². The molecule has 0 saturated carbocycles. The zero-order valence-corrected chi connectivity index (χ0v) is 25.0. The molecule has 7 nitrogen and oxygen atoms in total. The molecule has 1 N–H and O–H groups in total. The number of amides is 2. The molecule has 3 aromatic carbocycles. The third-order valence-electron chi connectivity index (χ3n) is 7.27. The summed E-state index contributed by atoms with van der Waals surface area (Å²) in [6.07, 6.45) is 2.17. The van der Waals surface area contributed by atoms with Crippen LogP contribution in [0.1, 0.15) is 55.4 Å². The number of carbonyl (C=O) groups excluding carboxylic acids is 2. The van der Waals surface area contributed by atoms with E-state index in [0.29, 0.717) is 18.7 Å². The molecule has 0 aliphatic carbocycles. The molecule has 40 heavy (non-hydrogen) atoms. The van der Waals surface area contributed by atoms with Crippen molar-refractivity contribution in [2.45, 2.75) is 71.4 Å². The van der Waals surface area contributed by atoms with Gasteiger partial charge in [-0.05, 0) is 74.1 Å². The van der Waals surface area contributed by atoms with E-state index in [4.69, 9.17) is 0 Å². The SMILES string of the molecule is CCCCNC(=O)C(CC)N(Cc1ccccc1C)C(=O)CN(c1cccc(C)c1C)S(=O)(=O)c1ccccc1. The molecule has 3 rings (SSSR count). The van der Waals surface area contributed by atoms with E-state index in [-0.39, 0.29) is 17.3 Å². The zero-order chi connectivity index (χ0) is 29.3. The Morgan fingerprint density at radius 2 is 1.50 bits per heavy atom. The predicted molar refractivity (Wildman–Crippen MR) is 161 cm³/mol. The first-order valence-corrected chi connectivity index (χ1v) is 15.3. The summed E-state index contributed by atoms with van der Waals surface area (Å²) >= 11 is 0. The maximum absolute atomic E-state index is 14.2. The Bertz CT molecular complexity index is 1410. The van der Waals surface area contributed by atoms with Crippen LogP contribution in [0, 0.1) is 20.8 Å². The molecule has 214 valence electrons. The first-order valence-electron chi connectivity index (χ1n) is 13.9. The van der Waals surface area contributed by atoms with Crippen LogP contribution >= 0.6 is 0 Å². The van der Waals surface area contributed by atoms with Gasteiger partial charge in [-0.2, -0.15) is 0 Å². The highest BCUT2D eigenvalue weighted by Crippen LogP contribution is 2.29. The molecular formula is C32H41N3O4S. The van der Waals surface area contributed by atoms with Crippen molar-refractivity contribution in [1.82, 2.24) is 10.2 Å². The molecule has 0 bridgehead atoms. The number of unbranched alkanes of at least 4 members (excludes halogenated alkanes) is 1. The van der Waals surface area contributed by atoms with Gasteiger partial charge in [0.15, 0.2) is 0 Å². The fraction of sp³-hybridized carbons (Fsp3) is 0.375. The third-order valence-corrected chi connectivity index (χ3v) is 9.05. The number of carbonyl (C=O) groups is 2. The number of aryl methyl sites for hydroxylation is 2. The van der Waals surface area contributed by atoms with Gasteiger partial charge in [-0.1, -0.05) is 74.9 Å². The second-order valence-electron chi connectivity index (χ2n) is 10.1. The van der Waals surface area contributed by atoms with Gasteiger partial charge in [0.1, 0.15) is 12.6 Å². The molecule has 1 unspecified atom stereocenters. The molecule has 0 fully saturated rings. The lowest BCUT2D eigenvalue weighted by molar-refractivity contribution is -0.140. The van der Waals surface area contributed by atoms with E-state index in [2.05, 4.69) is 5.32 Å². The van der Waals surface area contributed by atoms with Crippen LogP contribution in [-0.4, -0.2) is 44.3 Å². The minimum atomic E-state index is -4.09. The zero-order valence-electron chi connectivity index (χ0n) is 24.2. The molecule has 0 aliphatic heterocycles. The molecule has 8 heteroatoms. The normalized spacial score (nSPS) is 12.0. The van der Waals surface area contributed by atoms with E-state index in [1.54, 1.807) is 30.3 Å². The molecule has 0 aromatic heterocycles. The van der Waals surface area contributed by atoms with Gasteiger partial charge in [-0.25, -0.2) is 8.42 Å². The van der Waals surface area contributed by atoms with Gasteiger partial charge in [-0.3, -0.25) is 13.9 Å². The van der Waals surface area contributed by atoms with Gasteiger partial charge in [0.2, 0.25) is 11.8 Å². The third kappa shape index (κ3) is 7.30. The van der Waals surface area contributed by atoms with Crippen LogP contribution in [-0.2, 0) is 26.2 Å². The molecule has 2 amide bonds. The first kappa shape index (κ1) is 30.9. The van der Waals surface area contributed by atoms with Crippen molar-refractivity contribution in [2.75, 3.05) is 17.4 Å². The lowest BCUT2D eigenvalue weighted by Gasteiger charge is -2.34. The smallest absolute Gasteiger partial charge is 0.264 e. The van der Waals surface area contributed by atoms with Gasteiger partial charge in [0, 0.05) is 13.1 Å². The Hall–Kier alpha value is -3.65. The maximum atomic E-state index is 14.2. The predicted octanol–water partition coefficient (Wildman–Crippen LogP) is 5.53. The van der Waals surface area contributed by atoms with Crippen molar-refractivity contribution in [2.24, 2.45) is 0 Å². The minimum absolute atomic E-state index is 0.0958. The van der Waals surface area contributed by atoms with Crippen LogP contribution in [0.4, 0.5) is 5.69 Å². The highest BCUT2D eigenvalue weighted by atomic mass is 32.2. The van der Waals surface area contributed by atoms with Crippen LogP contribution in [0.5, 0.6) is 0 Å². The fourth-order valence-electron chi connectivity index (χ4n) is 4.64.